The van der Waals surface area contributed by atoms with Gasteiger partial charge < -0.3 is 5.11 Å². The van der Waals surface area contributed by atoms with Gasteiger partial charge in [0.25, 0.3) is 0 Å². The summed E-state index contributed by atoms with van der Waals surface area (Å²) in [7, 11) is 0. The highest BCUT2D eigenvalue weighted by molar-refractivity contribution is 8.00. The van der Waals surface area contributed by atoms with Crippen LogP contribution in [-0.2, 0) is 9.54 Å². The van der Waals surface area contributed by atoms with Crippen molar-refractivity contribution in [2.75, 3.05) is 5.75 Å². The summed E-state index contributed by atoms with van der Waals surface area (Å²) in [6, 6.07) is 5.75. The van der Waals surface area contributed by atoms with Crippen molar-refractivity contribution < 1.29 is 14.3 Å². The van der Waals surface area contributed by atoms with Crippen molar-refractivity contribution in [1.82, 2.24) is 0 Å². The second-order valence-corrected chi connectivity index (χ2v) is 4.96. The first-order chi connectivity index (χ1) is 7.00. The summed E-state index contributed by atoms with van der Waals surface area (Å²) in [5.74, 6) is -0.684. The molecule has 0 aliphatic rings. The van der Waals surface area contributed by atoms with Crippen LogP contribution in [0.15, 0.2) is 24.3 Å². The van der Waals surface area contributed by atoms with E-state index in [0.717, 1.165) is 0 Å². The van der Waals surface area contributed by atoms with Crippen LogP contribution in [0.1, 0.15) is 19.4 Å². The van der Waals surface area contributed by atoms with E-state index in [1.54, 1.807) is 13.0 Å². The summed E-state index contributed by atoms with van der Waals surface area (Å²) in [6.07, 6.45) is 0. The third-order valence-electron chi connectivity index (χ3n) is 2.22. The van der Waals surface area contributed by atoms with Crippen LogP contribution in [0.4, 0.5) is 4.39 Å². The van der Waals surface area contributed by atoms with Gasteiger partial charge in [-0.05, 0) is 30.4 Å². The molecule has 0 saturated heterocycles. The Bertz CT molecular complexity index is 367. The van der Waals surface area contributed by atoms with E-state index >= 15 is 0 Å². The van der Waals surface area contributed by atoms with Crippen LogP contribution in [-0.4, -0.2) is 16.8 Å². The Kier molecular flexibility index (Phi) is 3.74. The lowest BCUT2D eigenvalue weighted by Crippen LogP contribution is -2.29. The van der Waals surface area contributed by atoms with Crippen LogP contribution in [0, 0.1) is 5.82 Å². The number of thioether (sulfide) groups is 1. The van der Waals surface area contributed by atoms with Crippen molar-refractivity contribution >= 4 is 17.7 Å². The molecule has 1 aromatic carbocycles. The molecule has 1 N–H and O–H groups in total. The van der Waals surface area contributed by atoms with E-state index in [4.69, 9.17) is 5.11 Å². The molecule has 0 radical (unpaired) electrons. The molecule has 82 valence electrons. The van der Waals surface area contributed by atoms with Crippen LogP contribution < -0.4 is 0 Å². The van der Waals surface area contributed by atoms with Crippen molar-refractivity contribution in [2.45, 2.75) is 18.6 Å². The molecule has 1 unspecified atom stereocenters. The predicted molar refractivity (Wildman–Crippen MR) is 59.5 cm³/mol. The van der Waals surface area contributed by atoms with Crippen LogP contribution in [0.2, 0.25) is 0 Å². The number of hydrogen-bond acceptors (Lipinski definition) is 2. The molecule has 0 fully saturated rings. The lowest BCUT2D eigenvalue weighted by Gasteiger charge is -2.24. The largest absolute Gasteiger partial charge is 0.480 e. The third kappa shape index (κ3) is 2.50. The molecule has 0 aromatic heterocycles. The zero-order valence-corrected chi connectivity index (χ0v) is 9.47. The molecule has 0 bridgehead atoms. The zero-order valence-electron chi connectivity index (χ0n) is 8.66. The van der Waals surface area contributed by atoms with Crippen molar-refractivity contribution in [3.05, 3.63) is 35.6 Å². The van der Waals surface area contributed by atoms with E-state index in [-0.39, 0.29) is 0 Å². The van der Waals surface area contributed by atoms with Gasteiger partial charge >= 0.3 is 5.97 Å². The van der Waals surface area contributed by atoms with E-state index in [1.165, 1.54) is 30.0 Å². The molecule has 1 atom stereocenters. The summed E-state index contributed by atoms with van der Waals surface area (Å²) in [5.41, 5.74) is 0.488. The van der Waals surface area contributed by atoms with Crippen LogP contribution in [0.5, 0.6) is 0 Å². The standard InChI is InChI=1S/C11H13FO2S/c1-3-15-11(2,10(13)14)8-5-4-6-9(12)7-8/h4-7H,3H2,1-2H3,(H,13,14). The normalized spacial score (nSPS) is 14.6. The number of rotatable bonds is 4. The molecule has 0 aliphatic carbocycles. The molecule has 0 saturated carbocycles. The first kappa shape index (κ1) is 12.0. The second-order valence-electron chi connectivity index (χ2n) is 3.28. The van der Waals surface area contributed by atoms with Crippen LogP contribution >= 0.6 is 11.8 Å². The highest BCUT2D eigenvalue weighted by Gasteiger charge is 2.35. The predicted octanol–water partition coefficient (Wildman–Crippen LogP) is 2.88. The minimum Gasteiger partial charge on any atom is -0.480 e. The Morgan fingerprint density at radius 2 is 2.27 bits per heavy atom. The fraction of sp³-hybridized carbons (Fsp3) is 0.364. The number of aliphatic carboxylic acids is 1. The summed E-state index contributed by atoms with van der Waals surface area (Å²) >= 11 is 1.28. The van der Waals surface area contributed by atoms with E-state index in [1.807, 2.05) is 6.92 Å². The summed E-state index contributed by atoms with van der Waals surface area (Å²) in [4.78, 5) is 11.2. The first-order valence-electron chi connectivity index (χ1n) is 4.64. The highest BCUT2D eigenvalue weighted by atomic mass is 32.2. The van der Waals surface area contributed by atoms with Gasteiger partial charge in [0.15, 0.2) is 0 Å². The fourth-order valence-corrected chi connectivity index (χ4v) is 2.34. The van der Waals surface area contributed by atoms with E-state index in [0.29, 0.717) is 11.3 Å². The SMILES string of the molecule is CCSC(C)(C(=O)O)c1cccc(F)c1. The first-order valence-corrected chi connectivity index (χ1v) is 5.62. The van der Waals surface area contributed by atoms with Crippen molar-refractivity contribution in [1.29, 1.82) is 0 Å². The van der Waals surface area contributed by atoms with Gasteiger partial charge in [0.1, 0.15) is 10.6 Å². The summed E-state index contributed by atoms with van der Waals surface area (Å²) in [5, 5.41) is 9.16. The zero-order chi connectivity index (χ0) is 11.5. The average Bonchev–Trinajstić information content (AvgIpc) is 2.17. The van der Waals surface area contributed by atoms with Crippen molar-refractivity contribution in [3.63, 3.8) is 0 Å². The van der Waals surface area contributed by atoms with Gasteiger partial charge in [-0.15, -0.1) is 11.8 Å². The van der Waals surface area contributed by atoms with E-state index in [9.17, 15) is 9.18 Å². The molecule has 4 heteroatoms. The molecule has 0 heterocycles. The quantitative estimate of drug-likeness (QED) is 0.861. The van der Waals surface area contributed by atoms with Gasteiger partial charge in [0, 0.05) is 0 Å². The molecule has 0 spiro atoms. The summed E-state index contributed by atoms with van der Waals surface area (Å²) in [6.45, 7) is 3.48. The van der Waals surface area contributed by atoms with Crippen LogP contribution in [0.3, 0.4) is 0 Å². The van der Waals surface area contributed by atoms with Gasteiger partial charge in [0.2, 0.25) is 0 Å². The van der Waals surface area contributed by atoms with Gasteiger partial charge in [-0.3, -0.25) is 4.79 Å². The third-order valence-corrected chi connectivity index (χ3v) is 3.49. The van der Waals surface area contributed by atoms with Gasteiger partial charge in [-0.1, -0.05) is 19.1 Å². The lowest BCUT2D eigenvalue weighted by atomic mass is 10.0. The number of benzene rings is 1. The maximum absolute atomic E-state index is 13.0. The number of halogens is 1. The minimum absolute atomic E-state index is 0.406. The smallest absolute Gasteiger partial charge is 0.324 e. The molecule has 0 aliphatic heterocycles. The Labute approximate surface area is 92.5 Å². The van der Waals surface area contributed by atoms with Gasteiger partial charge in [-0.25, -0.2) is 4.39 Å². The van der Waals surface area contributed by atoms with Crippen LogP contribution in [0.25, 0.3) is 0 Å². The van der Waals surface area contributed by atoms with Gasteiger partial charge in [-0.2, -0.15) is 0 Å². The fourth-order valence-electron chi connectivity index (χ4n) is 1.34. The number of carbonyl (C=O) groups is 1. The number of hydrogen-bond donors (Lipinski definition) is 1. The monoisotopic (exact) mass is 228 g/mol. The Morgan fingerprint density at radius 3 is 2.73 bits per heavy atom. The maximum Gasteiger partial charge on any atom is 0.324 e. The topological polar surface area (TPSA) is 37.3 Å². The van der Waals surface area contributed by atoms with E-state index in [2.05, 4.69) is 0 Å². The molecular weight excluding hydrogens is 215 g/mol. The van der Waals surface area contributed by atoms with Crippen molar-refractivity contribution in [3.8, 4) is 0 Å². The number of carboxylic acids is 1. The highest BCUT2D eigenvalue weighted by Crippen LogP contribution is 2.36. The average molecular weight is 228 g/mol. The number of carboxylic acid groups (broad SMARTS) is 1. The Hall–Kier alpha value is -1.03. The molecule has 1 aromatic rings. The molecule has 15 heavy (non-hydrogen) atoms. The lowest BCUT2D eigenvalue weighted by molar-refractivity contribution is -0.139. The van der Waals surface area contributed by atoms with Crippen molar-refractivity contribution in [2.24, 2.45) is 0 Å². The minimum atomic E-state index is -1.07. The molecule has 1 rings (SSSR count). The maximum atomic E-state index is 13.0. The summed E-state index contributed by atoms with van der Waals surface area (Å²) < 4.78 is 11.9. The molecule has 2 nitrogen and oxygen atoms in total. The molecular formula is C11H13FO2S. The Morgan fingerprint density at radius 1 is 1.60 bits per heavy atom. The van der Waals surface area contributed by atoms with Gasteiger partial charge in [0.05, 0.1) is 0 Å². The van der Waals surface area contributed by atoms with E-state index < -0.39 is 16.5 Å². The Balaban J connectivity index is 3.15. The molecule has 0 amide bonds. The second kappa shape index (κ2) is 4.66.